The van der Waals surface area contributed by atoms with Crippen molar-refractivity contribution in [1.82, 2.24) is 10.9 Å². The molecule has 0 saturated heterocycles. The second kappa shape index (κ2) is 10.3. The number of ether oxygens (including phenoxy) is 2. The summed E-state index contributed by atoms with van der Waals surface area (Å²) < 4.78 is 11.0. The summed E-state index contributed by atoms with van der Waals surface area (Å²) in [6.45, 7) is 7.70. The zero-order valence-electron chi connectivity index (χ0n) is 16.8. The molecule has 0 bridgehead atoms. The van der Waals surface area contributed by atoms with E-state index in [-0.39, 0.29) is 6.61 Å². The van der Waals surface area contributed by atoms with Gasteiger partial charge in [0.05, 0.1) is 0 Å². The van der Waals surface area contributed by atoms with Crippen LogP contribution in [0.25, 0.3) is 0 Å². The fourth-order valence-electron chi connectivity index (χ4n) is 2.43. The van der Waals surface area contributed by atoms with Crippen LogP contribution in [-0.2, 0) is 16.0 Å². The van der Waals surface area contributed by atoms with E-state index in [1.54, 1.807) is 6.92 Å². The molecule has 28 heavy (non-hydrogen) atoms. The van der Waals surface area contributed by atoms with E-state index in [1.165, 1.54) is 11.1 Å². The van der Waals surface area contributed by atoms with Gasteiger partial charge in [-0.25, -0.2) is 0 Å². The van der Waals surface area contributed by atoms with Gasteiger partial charge in [-0.1, -0.05) is 45.0 Å². The Labute approximate surface area is 166 Å². The Kier molecular flexibility index (Phi) is 7.87. The summed E-state index contributed by atoms with van der Waals surface area (Å²) in [6.07, 6.45) is 0.183. The molecule has 2 rings (SSSR count). The smallest absolute Gasteiger partial charge is 0.279 e. The number of carbonyl (C=O) groups is 2. The first kappa shape index (κ1) is 21.3. The molecule has 6 heteroatoms. The first-order valence-electron chi connectivity index (χ1n) is 9.46. The predicted octanol–water partition coefficient (Wildman–Crippen LogP) is 3.37. The van der Waals surface area contributed by atoms with Crippen LogP contribution in [0, 0.1) is 0 Å². The highest BCUT2D eigenvalue weighted by molar-refractivity contribution is 5.85. The molecule has 0 spiro atoms. The van der Waals surface area contributed by atoms with E-state index in [1.807, 2.05) is 48.5 Å². The van der Waals surface area contributed by atoms with Gasteiger partial charge < -0.3 is 9.47 Å². The zero-order valence-corrected chi connectivity index (χ0v) is 16.8. The van der Waals surface area contributed by atoms with Crippen molar-refractivity contribution in [2.24, 2.45) is 0 Å². The second-order valence-corrected chi connectivity index (χ2v) is 6.81. The predicted molar refractivity (Wildman–Crippen MR) is 108 cm³/mol. The van der Waals surface area contributed by atoms with Crippen molar-refractivity contribution in [2.75, 3.05) is 6.61 Å². The van der Waals surface area contributed by atoms with Crippen LogP contribution in [0.5, 0.6) is 11.5 Å². The van der Waals surface area contributed by atoms with E-state index >= 15 is 0 Å². The first-order chi connectivity index (χ1) is 13.4. The van der Waals surface area contributed by atoms with Crippen LogP contribution < -0.4 is 20.3 Å². The Balaban J connectivity index is 1.73. The molecule has 0 aromatic heterocycles. The molecule has 6 nitrogen and oxygen atoms in total. The Hall–Kier alpha value is -3.02. The molecule has 2 aromatic carbocycles. The maximum atomic E-state index is 12.1. The lowest BCUT2D eigenvalue weighted by Gasteiger charge is -2.16. The van der Waals surface area contributed by atoms with Gasteiger partial charge in [-0.05, 0) is 54.7 Å². The molecule has 1 atom stereocenters. The lowest BCUT2D eigenvalue weighted by atomic mass is 10.0. The normalized spacial score (nSPS) is 11.6. The third-order valence-electron chi connectivity index (χ3n) is 4.26. The van der Waals surface area contributed by atoms with Crippen molar-refractivity contribution in [3.63, 3.8) is 0 Å². The summed E-state index contributed by atoms with van der Waals surface area (Å²) in [5.41, 5.74) is 7.05. The molecule has 0 saturated carbocycles. The minimum atomic E-state index is -0.757. The lowest BCUT2D eigenvalue weighted by Crippen LogP contribution is -2.48. The minimum absolute atomic E-state index is 0.197. The number of aryl methyl sites for hydroxylation is 1. The third kappa shape index (κ3) is 6.61. The average Bonchev–Trinajstić information content (AvgIpc) is 2.71. The SMILES string of the molecule is CCc1ccc(OCC(=O)NNC(=O)C(C)Oc2ccc(C(C)C)cc2)cc1. The van der Waals surface area contributed by atoms with E-state index in [0.717, 1.165) is 6.42 Å². The van der Waals surface area contributed by atoms with Crippen LogP contribution in [0.15, 0.2) is 48.5 Å². The average molecular weight is 384 g/mol. The van der Waals surface area contributed by atoms with Crippen molar-refractivity contribution in [3.8, 4) is 11.5 Å². The van der Waals surface area contributed by atoms with Gasteiger partial charge in [-0.15, -0.1) is 0 Å². The van der Waals surface area contributed by atoms with Crippen LogP contribution in [0.4, 0.5) is 0 Å². The number of rotatable bonds is 8. The van der Waals surface area contributed by atoms with Gasteiger partial charge in [0.1, 0.15) is 11.5 Å². The molecule has 0 aliphatic heterocycles. The number of hydrogen-bond acceptors (Lipinski definition) is 4. The van der Waals surface area contributed by atoms with Gasteiger partial charge in [0.2, 0.25) is 0 Å². The van der Waals surface area contributed by atoms with Crippen molar-refractivity contribution in [2.45, 2.75) is 46.1 Å². The van der Waals surface area contributed by atoms with Crippen LogP contribution in [-0.4, -0.2) is 24.5 Å². The van der Waals surface area contributed by atoms with Gasteiger partial charge in [-0.3, -0.25) is 20.4 Å². The van der Waals surface area contributed by atoms with E-state index in [2.05, 4.69) is 31.6 Å². The summed E-state index contributed by atoms with van der Waals surface area (Å²) >= 11 is 0. The Morgan fingerprint density at radius 3 is 2.07 bits per heavy atom. The van der Waals surface area contributed by atoms with Gasteiger partial charge in [0.25, 0.3) is 11.8 Å². The van der Waals surface area contributed by atoms with Crippen molar-refractivity contribution < 1.29 is 19.1 Å². The lowest BCUT2D eigenvalue weighted by molar-refractivity contribution is -0.133. The van der Waals surface area contributed by atoms with Crippen LogP contribution in [0.3, 0.4) is 0 Å². The highest BCUT2D eigenvalue weighted by Crippen LogP contribution is 2.19. The molecule has 0 heterocycles. The number of benzene rings is 2. The fraction of sp³-hybridized carbons (Fsp3) is 0.364. The molecular formula is C22H28N2O4. The maximum Gasteiger partial charge on any atom is 0.279 e. The number of hydrogen-bond donors (Lipinski definition) is 2. The highest BCUT2D eigenvalue weighted by atomic mass is 16.5. The second-order valence-electron chi connectivity index (χ2n) is 6.81. The van der Waals surface area contributed by atoms with Gasteiger partial charge in [0, 0.05) is 0 Å². The van der Waals surface area contributed by atoms with E-state index < -0.39 is 17.9 Å². The Morgan fingerprint density at radius 1 is 0.893 bits per heavy atom. The monoisotopic (exact) mass is 384 g/mol. The number of carbonyl (C=O) groups excluding carboxylic acids is 2. The largest absolute Gasteiger partial charge is 0.484 e. The standard InChI is InChI=1S/C22H28N2O4/c1-5-17-6-10-19(11-7-17)27-14-21(25)23-24-22(26)16(4)28-20-12-8-18(9-13-20)15(2)3/h6-13,15-16H,5,14H2,1-4H3,(H,23,25)(H,24,26). The molecule has 0 aliphatic rings. The summed E-state index contributed by atoms with van der Waals surface area (Å²) in [4.78, 5) is 23.9. The summed E-state index contributed by atoms with van der Waals surface area (Å²) in [6, 6.07) is 15.1. The fourth-order valence-corrected chi connectivity index (χ4v) is 2.43. The summed E-state index contributed by atoms with van der Waals surface area (Å²) in [5.74, 6) is 0.712. The highest BCUT2D eigenvalue weighted by Gasteiger charge is 2.15. The molecule has 0 radical (unpaired) electrons. The van der Waals surface area contributed by atoms with Gasteiger partial charge >= 0.3 is 0 Å². The Morgan fingerprint density at radius 2 is 1.50 bits per heavy atom. The molecule has 2 N–H and O–H groups in total. The summed E-state index contributed by atoms with van der Waals surface area (Å²) in [5, 5.41) is 0. The zero-order chi connectivity index (χ0) is 20.5. The van der Waals surface area contributed by atoms with Crippen LogP contribution in [0.2, 0.25) is 0 Å². The number of nitrogens with one attached hydrogen (secondary N) is 2. The van der Waals surface area contributed by atoms with Gasteiger partial charge in [-0.2, -0.15) is 0 Å². The van der Waals surface area contributed by atoms with Crippen molar-refractivity contribution in [3.05, 3.63) is 59.7 Å². The number of hydrazine groups is 1. The molecule has 2 amide bonds. The quantitative estimate of drug-likeness (QED) is 0.684. The topological polar surface area (TPSA) is 76.7 Å². The molecule has 2 aromatic rings. The number of amides is 2. The maximum absolute atomic E-state index is 12.1. The van der Waals surface area contributed by atoms with Crippen molar-refractivity contribution in [1.29, 1.82) is 0 Å². The van der Waals surface area contributed by atoms with Crippen molar-refractivity contribution >= 4 is 11.8 Å². The van der Waals surface area contributed by atoms with E-state index in [4.69, 9.17) is 9.47 Å². The first-order valence-corrected chi connectivity index (χ1v) is 9.46. The van der Waals surface area contributed by atoms with E-state index in [9.17, 15) is 9.59 Å². The van der Waals surface area contributed by atoms with Crippen LogP contribution >= 0.6 is 0 Å². The third-order valence-corrected chi connectivity index (χ3v) is 4.26. The molecule has 0 aliphatic carbocycles. The van der Waals surface area contributed by atoms with Crippen LogP contribution in [0.1, 0.15) is 44.7 Å². The molecule has 0 fully saturated rings. The Bertz CT molecular complexity index is 770. The molecule has 150 valence electrons. The molecule has 1 unspecified atom stereocenters. The van der Waals surface area contributed by atoms with Gasteiger partial charge in [0.15, 0.2) is 12.7 Å². The molecular weight excluding hydrogens is 356 g/mol. The summed E-state index contributed by atoms with van der Waals surface area (Å²) in [7, 11) is 0. The minimum Gasteiger partial charge on any atom is -0.484 e. The van der Waals surface area contributed by atoms with E-state index in [0.29, 0.717) is 17.4 Å².